The van der Waals surface area contributed by atoms with E-state index in [4.69, 9.17) is 4.74 Å². The average Bonchev–Trinajstić information content (AvgIpc) is 2.36. The van der Waals surface area contributed by atoms with Crippen LogP contribution < -0.4 is 5.32 Å². The molecule has 4 heteroatoms. The fraction of sp³-hybridized carbons (Fsp3) is 0.875. The molecule has 70 valence electrons. The van der Waals surface area contributed by atoms with Crippen LogP contribution in [-0.2, 0) is 9.53 Å². The van der Waals surface area contributed by atoms with Crippen molar-refractivity contribution in [3.63, 3.8) is 0 Å². The summed E-state index contributed by atoms with van der Waals surface area (Å²) in [5.41, 5.74) is 0. The lowest BCUT2D eigenvalue weighted by molar-refractivity contribution is -0.119. The molecule has 1 N–H and O–H groups in total. The Hall–Kier alpha value is -0.610. The van der Waals surface area contributed by atoms with Gasteiger partial charge in [0.25, 0.3) is 0 Å². The highest BCUT2D eigenvalue weighted by atomic mass is 16.5. The van der Waals surface area contributed by atoms with Gasteiger partial charge in [-0.05, 0) is 6.92 Å². The molecule has 0 aliphatic carbocycles. The van der Waals surface area contributed by atoms with E-state index in [9.17, 15) is 4.79 Å². The standard InChI is InChI=1S/C8H16N2O2/c1-7(11)9-3-4-10-5-6-12-8(10)2/h8H,3-6H2,1-2H3,(H,9,11). The number of rotatable bonds is 3. The lowest BCUT2D eigenvalue weighted by atomic mass is 10.4. The summed E-state index contributed by atoms with van der Waals surface area (Å²) in [5.74, 6) is 0.0303. The molecule has 1 aliphatic heterocycles. The van der Waals surface area contributed by atoms with E-state index < -0.39 is 0 Å². The Morgan fingerprint density at radius 3 is 3.00 bits per heavy atom. The van der Waals surface area contributed by atoms with E-state index in [1.54, 1.807) is 0 Å². The average molecular weight is 172 g/mol. The molecular formula is C8H16N2O2. The Labute approximate surface area is 72.9 Å². The van der Waals surface area contributed by atoms with Crippen LogP contribution in [0.2, 0.25) is 0 Å². The van der Waals surface area contributed by atoms with Crippen LogP contribution in [0.4, 0.5) is 0 Å². The Balaban J connectivity index is 2.10. The molecule has 1 amide bonds. The molecule has 0 bridgehead atoms. The number of carbonyl (C=O) groups excluding carboxylic acids is 1. The highest BCUT2D eigenvalue weighted by molar-refractivity contribution is 5.72. The van der Waals surface area contributed by atoms with Crippen LogP contribution in [0.15, 0.2) is 0 Å². The third-order valence-corrected chi connectivity index (χ3v) is 2.02. The molecule has 1 fully saturated rings. The molecule has 1 unspecified atom stereocenters. The van der Waals surface area contributed by atoms with Crippen LogP contribution in [-0.4, -0.2) is 43.3 Å². The molecule has 0 aromatic heterocycles. The first-order valence-electron chi connectivity index (χ1n) is 4.30. The quantitative estimate of drug-likeness (QED) is 0.641. The highest BCUT2D eigenvalue weighted by Gasteiger charge is 2.19. The van der Waals surface area contributed by atoms with E-state index in [0.29, 0.717) is 6.54 Å². The Morgan fingerprint density at radius 1 is 1.75 bits per heavy atom. The van der Waals surface area contributed by atoms with Crippen LogP contribution in [0.25, 0.3) is 0 Å². The SMILES string of the molecule is CC(=O)NCCN1CCOC1C. The van der Waals surface area contributed by atoms with Crippen LogP contribution in [0.3, 0.4) is 0 Å². The number of carbonyl (C=O) groups is 1. The van der Waals surface area contributed by atoms with Crippen molar-refractivity contribution in [2.24, 2.45) is 0 Å². The number of hydrogen-bond acceptors (Lipinski definition) is 3. The summed E-state index contributed by atoms with van der Waals surface area (Å²) in [7, 11) is 0. The third kappa shape index (κ3) is 2.79. The van der Waals surface area contributed by atoms with E-state index in [2.05, 4.69) is 10.2 Å². The summed E-state index contributed by atoms with van der Waals surface area (Å²) >= 11 is 0. The van der Waals surface area contributed by atoms with E-state index in [0.717, 1.165) is 19.7 Å². The first-order valence-corrected chi connectivity index (χ1v) is 4.30. The number of nitrogens with one attached hydrogen (secondary N) is 1. The van der Waals surface area contributed by atoms with Crippen molar-refractivity contribution < 1.29 is 9.53 Å². The number of nitrogens with zero attached hydrogens (tertiary/aromatic N) is 1. The van der Waals surface area contributed by atoms with Crippen LogP contribution in [0.5, 0.6) is 0 Å². The topological polar surface area (TPSA) is 41.6 Å². The predicted molar refractivity (Wildman–Crippen MR) is 45.7 cm³/mol. The van der Waals surface area contributed by atoms with Gasteiger partial charge in [-0.3, -0.25) is 9.69 Å². The minimum atomic E-state index is 0.0303. The zero-order valence-corrected chi connectivity index (χ0v) is 7.67. The molecule has 1 aliphatic rings. The summed E-state index contributed by atoms with van der Waals surface area (Å²) in [6, 6.07) is 0. The lowest BCUT2D eigenvalue weighted by Gasteiger charge is -2.18. The van der Waals surface area contributed by atoms with Gasteiger partial charge in [0.05, 0.1) is 6.61 Å². The van der Waals surface area contributed by atoms with Crippen molar-refractivity contribution in [2.45, 2.75) is 20.1 Å². The molecule has 1 heterocycles. The molecular weight excluding hydrogens is 156 g/mol. The Kier molecular flexibility index (Phi) is 3.49. The van der Waals surface area contributed by atoms with E-state index in [1.807, 2.05) is 6.92 Å². The van der Waals surface area contributed by atoms with Gasteiger partial charge in [0.1, 0.15) is 6.23 Å². The van der Waals surface area contributed by atoms with E-state index >= 15 is 0 Å². The molecule has 4 nitrogen and oxygen atoms in total. The van der Waals surface area contributed by atoms with Crippen molar-refractivity contribution in [1.29, 1.82) is 0 Å². The van der Waals surface area contributed by atoms with Crippen molar-refractivity contribution in [2.75, 3.05) is 26.2 Å². The maximum atomic E-state index is 10.5. The third-order valence-electron chi connectivity index (χ3n) is 2.02. The minimum Gasteiger partial charge on any atom is -0.362 e. The number of hydrogen-bond donors (Lipinski definition) is 1. The van der Waals surface area contributed by atoms with Crippen LogP contribution >= 0.6 is 0 Å². The highest BCUT2D eigenvalue weighted by Crippen LogP contribution is 2.06. The second kappa shape index (κ2) is 4.42. The molecule has 1 atom stereocenters. The predicted octanol–water partition coefficient (Wildman–Crippen LogP) is -0.199. The second-order valence-electron chi connectivity index (χ2n) is 2.99. The van der Waals surface area contributed by atoms with Crippen LogP contribution in [0.1, 0.15) is 13.8 Å². The molecule has 0 spiro atoms. The summed E-state index contributed by atoms with van der Waals surface area (Å²) in [5, 5.41) is 2.76. The van der Waals surface area contributed by atoms with Gasteiger partial charge in [-0.2, -0.15) is 0 Å². The molecule has 0 saturated carbocycles. The zero-order valence-electron chi connectivity index (χ0n) is 7.67. The first kappa shape index (κ1) is 9.48. The smallest absolute Gasteiger partial charge is 0.216 e. The van der Waals surface area contributed by atoms with Gasteiger partial charge in [-0.1, -0.05) is 0 Å². The van der Waals surface area contributed by atoms with Gasteiger partial charge >= 0.3 is 0 Å². The normalized spacial score (nSPS) is 24.3. The Bertz CT molecular complexity index is 161. The number of amides is 1. The summed E-state index contributed by atoms with van der Waals surface area (Å²) in [4.78, 5) is 12.7. The second-order valence-corrected chi connectivity index (χ2v) is 2.99. The van der Waals surface area contributed by atoms with Gasteiger partial charge in [0.15, 0.2) is 0 Å². The van der Waals surface area contributed by atoms with Gasteiger partial charge in [-0.25, -0.2) is 0 Å². The minimum absolute atomic E-state index is 0.0303. The fourth-order valence-corrected chi connectivity index (χ4v) is 1.30. The molecule has 1 saturated heterocycles. The van der Waals surface area contributed by atoms with Gasteiger partial charge in [0.2, 0.25) is 5.91 Å². The zero-order chi connectivity index (χ0) is 8.97. The van der Waals surface area contributed by atoms with E-state index in [1.165, 1.54) is 6.92 Å². The monoisotopic (exact) mass is 172 g/mol. The molecule has 1 rings (SSSR count). The van der Waals surface area contributed by atoms with Crippen molar-refractivity contribution in [3.8, 4) is 0 Å². The van der Waals surface area contributed by atoms with Gasteiger partial charge < -0.3 is 10.1 Å². The number of ether oxygens (including phenoxy) is 1. The van der Waals surface area contributed by atoms with Crippen molar-refractivity contribution in [3.05, 3.63) is 0 Å². The molecule has 12 heavy (non-hydrogen) atoms. The largest absolute Gasteiger partial charge is 0.362 e. The van der Waals surface area contributed by atoms with Gasteiger partial charge in [-0.15, -0.1) is 0 Å². The fourth-order valence-electron chi connectivity index (χ4n) is 1.30. The maximum absolute atomic E-state index is 10.5. The first-order chi connectivity index (χ1) is 5.70. The van der Waals surface area contributed by atoms with E-state index in [-0.39, 0.29) is 12.1 Å². The molecule has 0 aromatic rings. The Morgan fingerprint density at radius 2 is 2.50 bits per heavy atom. The summed E-state index contributed by atoms with van der Waals surface area (Å²) in [6.45, 7) is 6.93. The molecule has 0 aromatic carbocycles. The van der Waals surface area contributed by atoms with Crippen LogP contribution in [0, 0.1) is 0 Å². The molecule has 0 radical (unpaired) electrons. The van der Waals surface area contributed by atoms with Crippen molar-refractivity contribution in [1.82, 2.24) is 10.2 Å². The maximum Gasteiger partial charge on any atom is 0.216 e. The van der Waals surface area contributed by atoms with Gasteiger partial charge in [0, 0.05) is 26.6 Å². The lowest BCUT2D eigenvalue weighted by Crippen LogP contribution is -2.36. The van der Waals surface area contributed by atoms with Crippen molar-refractivity contribution >= 4 is 5.91 Å². The summed E-state index contributed by atoms with van der Waals surface area (Å²) in [6.07, 6.45) is 0.207. The summed E-state index contributed by atoms with van der Waals surface area (Å²) < 4.78 is 5.34.